The van der Waals surface area contributed by atoms with Crippen molar-refractivity contribution >= 4 is 6.09 Å². The van der Waals surface area contributed by atoms with Crippen LogP contribution in [0.4, 0.5) is 4.79 Å². The third kappa shape index (κ3) is 4.45. The van der Waals surface area contributed by atoms with Crippen LogP contribution in [-0.2, 0) is 16.9 Å². The first-order valence-corrected chi connectivity index (χ1v) is 11.9. The predicted molar refractivity (Wildman–Crippen MR) is 131 cm³/mol. The number of cyclic esters (lactones) is 1. The van der Waals surface area contributed by atoms with Gasteiger partial charge in [-0.15, -0.1) is 0 Å². The van der Waals surface area contributed by atoms with Gasteiger partial charge in [-0.3, -0.25) is 4.79 Å². The number of benzene rings is 2. The number of amides is 1. The Kier molecular flexibility index (Phi) is 6.68. The van der Waals surface area contributed by atoms with Crippen LogP contribution in [0, 0.1) is 0 Å². The van der Waals surface area contributed by atoms with Gasteiger partial charge < -0.3 is 14.2 Å². The number of pyridine rings is 1. The summed E-state index contributed by atoms with van der Waals surface area (Å²) in [6.07, 6.45) is 3.97. The number of aryl methyl sites for hydroxylation is 1. The number of rotatable bonds is 7. The molecule has 1 amide bonds. The van der Waals surface area contributed by atoms with E-state index in [9.17, 15) is 9.59 Å². The van der Waals surface area contributed by atoms with E-state index >= 15 is 0 Å². The SMILES string of the molecule is CC[C@@H](c1ccc(-c2ccc(=O)n(CC)c2)cc1)N1CCC(CC)(c2ccccc2)OC1=O. The lowest BCUT2D eigenvalue weighted by atomic mass is 9.86. The Morgan fingerprint density at radius 1 is 0.909 bits per heavy atom. The molecule has 2 heterocycles. The molecule has 1 aliphatic rings. The fourth-order valence-corrected chi connectivity index (χ4v) is 4.83. The summed E-state index contributed by atoms with van der Waals surface area (Å²) < 4.78 is 7.81. The molecule has 0 radical (unpaired) electrons. The molecule has 2 aromatic carbocycles. The second kappa shape index (κ2) is 9.65. The van der Waals surface area contributed by atoms with Gasteiger partial charge in [-0.25, -0.2) is 4.79 Å². The summed E-state index contributed by atoms with van der Waals surface area (Å²) in [6, 6.07) is 21.8. The highest BCUT2D eigenvalue weighted by Gasteiger charge is 2.42. The van der Waals surface area contributed by atoms with Gasteiger partial charge in [-0.2, -0.15) is 0 Å². The van der Waals surface area contributed by atoms with Crippen molar-refractivity contribution in [2.45, 2.75) is 58.2 Å². The van der Waals surface area contributed by atoms with E-state index in [0.717, 1.165) is 41.5 Å². The van der Waals surface area contributed by atoms with Gasteiger partial charge in [0, 0.05) is 31.8 Å². The molecule has 172 valence electrons. The first-order chi connectivity index (χ1) is 16.0. The maximum absolute atomic E-state index is 13.2. The Labute approximate surface area is 195 Å². The van der Waals surface area contributed by atoms with Gasteiger partial charge in [0.05, 0.1) is 6.04 Å². The zero-order chi connectivity index (χ0) is 23.4. The van der Waals surface area contributed by atoms with Crippen molar-refractivity contribution in [3.05, 3.63) is 94.4 Å². The van der Waals surface area contributed by atoms with Gasteiger partial charge >= 0.3 is 6.09 Å². The largest absolute Gasteiger partial charge is 0.438 e. The minimum atomic E-state index is -0.556. The molecule has 3 aromatic rings. The standard InChI is InChI=1S/C28H32N2O3/c1-4-25(22-14-12-21(13-15-22)23-16-17-26(31)29(6-3)20-23)30-19-18-28(5-2,33-27(30)32)24-10-8-7-9-11-24/h7-17,20,25H,4-6,18-19H2,1-3H3/t25-,28?/m0/s1. The Hall–Kier alpha value is -3.34. The number of carbonyl (C=O) groups excluding carboxylic acids is 1. The van der Waals surface area contributed by atoms with Crippen molar-refractivity contribution in [2.75, 3.05) is 6.54 Å². The van der Waals surface area contributed by atoms with E-state index in [1.165, 1.54) is 0 Å². The number of hydrogen-bond acceptors (Lipinski definition) is 3. The Bertz CT molecular complexity index is 1150. The second-order valence-corrected chi connectivity index (χ2v) is 8.61. The van der Waals surface area contributed by atoms with Gasteiger partial charge in [0.15, 0.2) is 0 Å². The molecular formula is C28H32N2O3. The van der Waals surface area contributed by atoms with Gasteiger partial charge in [0.1, 0.15) is 5.60 Å². The van der Waals surface area contributed by atoms with E-state index in [-0.39, 0.29) is 17.7 Å². The number of nitrogens with zero attached hydrogens (tertiary/aromatic N) is 2. The summed E-state index contributed by atoms with van der Waals surface area (Å²) in [5.74, 6) is 0. The Morgan fingerprint density at radius 2 is 1.61 bits per heavy atom. The van der Waals surface area contributed by atoms with E-state index < -0.39 is 5.60 Å². The average molecular weight is 445 g/mol. The number of carbonyl (C=O) groups is 1. The van der Waals surface area contributed by atoms with E-state index in [2.05, 4.69) is 38.1 Å². The average Bonchev–Trinajstić information content (AvgIpc) is 2.86. The Morgan fingerprint density at radius 3 is 2.21 bits per heavy atom. The van der Waals surface area contributed by atoms with Gasteiger partial charge in [0.25, 0.3) is 5.56 Å². The third-order valence-electron chi connectivity index (χ3n) is 6.86. The van der Waals surface area contributed by atoms with Crippen LogP contribution in [0.2, 0.25) is 0 Å². The molecule has 1 aromatic heterocycles. The smallest absolute Gasteiger partial charge is 0.411 e. The molecule has 5 heteroatoms. The topological polar surface area (TPSA) is 51.5 Å². The molecule has 5 nitrogen and oxygen atoms in total. The first-order valence-electron chi connectivity index (χ1n) is 11.9. The van der Waals surface area contributed by atoms with E-state index in [1.54, 1.807) is 10.6 Å². The van der Waals surface area contributed by atoms with Crippen molar-refractivity contribution in [1.82, 2.24) is 9.47 Å². The number of hydrogen-bond donors (Lipinski definition) is 0. The zero-order valence-corrected chi connectivity index (χ0v) is 19.7. The van der Waals surface area contributed by atoms with Crippen LogP contribution in [0.3, 0.4) is 0 Å². The van der Waals surface area contributed by atoms with Gasteiger partial charge in [-0.1, -0.05) is 68.4 Å². The monoisotopic (exact) mass is 444 g/mol. The van der Waals surface area contributed by atoms with Crippen LogP contribution in [0.1, 0.15) is 57.2 Å². The molecule has 33 heavy (non-hydrogen) atoms. The second-order valence-electron chi connectivity index (χ2n) is 8.61. The molecule has 0 N–H and O–H groups in total. The maximum Gasteiger partial charge on any atom is 0.411 e. The highest BCUT2D eigenvalue weighted by molar-refractivity contribution is 5.70. The fourth-order valence-electron chi connectivity index (χ4n) is 4.83. The van der Waals surface area contributed by atoms with Crippen LogP contribution < -0.4 is 5.56 Å². The molecule has 4 rings (SSSR count). The first kappa shape index (κ1) is 22.8. The van der Waals surface area contributed by atoms with Crippen molar-refractivity contribution in [3.63, 3.8) is 0 Å². The summed E-state index contributed by atoms with van der Waals surface area (Å²) >= 11 is 0. The highest BCUT2D eigenvalue weighted by Crippen LogP contribution is 2.40. The molecule has 0 bridgehead atoms. The highest BCUT2D eigenvalue weighted by atomic mass is 16.6. The van der Waals surface area contributed by atoms with E-state index in [1.807, 2.05) is 54.4 Å². The van der Waals surface area contributed by atoms with Crippen LogP contribution in [-0.4, -0.2) is 22.1 Å². The van der Waals surface area contributed by atoms with Crippen LogP contribution in [0.15, 0.2) is 77.7 Å². The lowest BCUT2D eigenvalue weighted by Crippen LogP contribution is -2.48. The predicted octanol–water partition coefficient (Wildman–Crippen LogP) is 6.13. The van der Waals surface area contributed by atoms with Gasteiger partial charge in [-0.05, 0) is 48.1 Å². The summed E-state index contributed by atoms with van der Waals surface area (Å²) in [5.41, 5.74) is 3.65. The molecule has 0 saturated carbocycles. The van der Waals surface area contributed by atoms with Crippen LogP contribution in [0.25, 0.3) is 11.1 Å². The fraction of sp³-hybridized carbons (Fsp3) is 0.357. The molecule has 2 atom stereocenters. The van der Waals surface area contributed by atoms with Crippen LogP contribution in [0.5, 0.6) is 0 Å². The molecule has 1 fully saturated rings. The molecule has 1 unspecified atom stereocenters. The van der Waals surface area contributed by atoms with Crippen LogP contribution >= 0.6 is 0 Å². The summed E-state index contributed by atoms with van der Waals surface area (Å²) in [5, 5.41) is 0. The third-order valence-corrected chi connectivity index (χ3v) is 6.86. The van der Waals surface area contributed by atoms with E-state index in [4.69, 9.17) is 4.74 Å². The maximum atomic E-state index is 13.2. The van der Waals surface area contributed by atoms with Crippen molar-refractivity contribution in [3.8, 4) is 11.1 Å². The molecule has 0 spiro atoms. The molecule has 1 saturated heterocycles. The minimum Gasteiger partial charge on any atom is -0.438 e. The summed E-state index contributed by atoms with van der Waals surface area (Å²) in [7, 11) is 0. The Balaban J connectivity index is 1.54. The summed E-state index contributed by atoms with van der Waals surface area (Å²) in [6.45, 7) is 7.43. The summed E-state index contributed by atoms with van der Waals surface area (Å²) in [4.78, 5) is 26.9. The number of aromatic nitrogens is 1. The zero-order valence-electron chi connectivity index (χ0n) is 19.7. The lowest BCUT2D eigenvalue weighted by Gasteiger charge is -2.43. The minimum absolute atomic E-state index is 0.00573. The molecular weight excluding hydrogens is 412 g/mol. The normalized spacial score (nSPS) is 19.2. The van der Waals surface area contributed by atoms with Gasteiger partial charge in [0.2, 0.25) is 0 Å². The van der Waals surface area contributed by atoms with Crippen molar-refractivity contribution in [2.24, 2.45) is 0 Å². The van der Waals surface area contributed by atoms with E-state index in [0.29, 0.717) is 13.1 Å². The number of ether oxygens (including phenoxy) is 1. The van der Waals surface area contributed by atoms with Crippen molar-refractivity contribution in [1.29, 1.82) is 0 Å². The quantitative estimate of drug-likeness (QED) is 0.440. The lowest BCUT2D eigenvalue weighted by molar-refractivity contribution is -0.0646. The van der Waals surface area contributed by atoms with Crippen molar-refractivity contribution < 1.29 is 9.53 Å². The molecule has 1 aliphatic heterocycles. The molecule has 0 aliphatic carbocycles.